The highest BCUT2D eigenvalue weighted by Gasteiger charge is 2.17. The molecule has 4 nitrogen and oxygen atoms in total. The smallest absolute Gasteiger partial charge is 0.254 e. The lowest BCUT2D eigenvalue weighted by atomic mass is 10.0. The third-order valence-corrected chi connectivity index (χ3v) is 4.53. The van der Waals surface area contributed by atoms with E-state index in [0.29, 0.717) is 18.7 Å². The first-order valence-electron chi connectivity index (χ1n) is 8.87. The predicted octanol–water partition coefficient (Wildman–Crippen LogP) is 4.93. The molecule has 26 heavy (non-hydrogen) atoms. The fraction of sp³-hybridized carbons (Fsp3) is 0.273. The van der Waals surface area contributed by atoms with Crippen LogP contribution in [-0.2, 0) is 6.54 Å². The maximum absolute atomic E-state index is 12.7. The number of aryl methyl sites for hydroxylation is 3. The minimum absolute atomic E-state index is 0.00330. The van der Waals surface area contributed by atoms with E-state index in [1.807, 2.05) is 50.2 Å². The molecule has 4 heteroatoms. The summed E-state index contributed by atoms with van der Waals surface area (Å²) in [5.41, 5.74) is 5.97. The molecule has 3 rings (SSSR count). The standard InChI is InChI=1S/C22H24N2O2/c1-5-24(22(25)18-9-6-15(2)7-10-18)14-19-13-21(26-23-19)20-11-8-16(3)12-17(20)4/h6-13H,5,14H2,1-4H3. The molecule has 0 fully saturated rings. The van der Waals surface area contributed by atoms with Gasteiger partial charge in [0.1, 0.15) is 5.69 Å². The van der Waals surface area contributed by atoms with Gasteiger partial charge in [0, 0.05) is 23.7 Å². The summed E-state index contributed by atoms with van der Waals surface area (Å²) < 4.78 is 5.53. The SMILES string of the molecule is CCN(Cc1cc(-c2ccc(C)cc2C)on1)C(=O)c1ccc(C)cc1. The Bertz CT molecular complexity index is 910. The second kappa shape index (κ2) is 7.56. The van der Waals surface area contributed by atoms with Crippen molar-refractivity contribution in [3.05, 3.63) is 76.5 Å². The summed E-state index contributed by atoms with van der Waals surface area (Å²) in [4.78, 5) is 14.5. The first kappa shape index (κ1) is 17.9. The van der Waals surface area contributed by atoms with Gasteiger partial charge < -0.3 is 9.42 Å². The number of hydrogen-bond donors (Lipinski definition) is 0. The largest absolute Gasteiger partial charge is 0.356 e. The third-order valence-electron chi connectivity index (χ3n) is 4.53. The Balaban J connectivity index is 1.78. The number of nitrogens with zero attached hydrogens (tertiary/aromatic N) is 2. The van der Waals surface area contributed by atoms with Gasteiger partial charge in [-0.25, -0.2) is 0 Å². The van der Waals surface area contributed by atoms with Crippen LogP contribution in [-0.4, -0.2) is 22.5 Å². The van der Waals surface area contributed by atoms with Crippen molar-refractivity contribution in [2.24, 2.45) is 0 Å². The van der Waals surface area contributed by atoms with E-state index in [-0.39, 0.29) is 5.91 Å². The van der Waals surface area contributed by atoms with Crippen LogP contribution in [0, 0.1) is 20.8 Å². The van der Waals surface area contributed by atoms with Gasteiger partial charge in [0.05, 0.1) is 6.54 Å². The summed E-state index contributed by atoms with van der Waals surface area (Å²) >= 11 is 0. The lowest BCUT2D eigenvalue weighted by Gasteiger charge is -2.19. The molecule has 0 spiro atoms. The monoisotopic (exact) mass is 348 g/mol. The predicted molar refractivity (Wildman–Crippen MR) is 103 cm³/mol. The molecular formula is C22H24N2O2. The maximum atomic E-state index is 12.7. The molecule has 2 aromatic carbocycles. The summed E-state index contributed by atoms with van der Waals surface area (Å²) in [7, 11) is 0. The van der Waals surface area contributed by atoms with Crippen LogP contribution in [0.25, 0.3) is 11.3 Å². The zero-order valence-electron chi connectivity index (χ0n) is 15.7. The van der Waals surface area contributed by atoms with Crippen molar-refractivity contribution in [3.63, 3.8) is 0 Å². The van der Waals surface area contributed by atoms with E-state index in [4.69, 9.17) is 4.52 Å². The molecule has 0 atom stereocenters. The van der Waals surface area contributed by atoms with Gasteiger partial charge in [-0.15, -0.1) is 0 Å². The molecule has 1 amide bonds. The minimum atomic E-state index is 0.00330. The van der Waals surface area contributed by atoms with Gasteiger partial charge in [-0.3, -0.25) is 4.79 Å². The van der Waals surface area contributed by atoms with Gasteiger partial charge in [-0.1, -0.05) is 46.6 Å². The van der Waals surface area contributed by atoms with E-state index in [9.17, 15) is 4.79 Å². The topological polar surface area (TPSA) is 46.3 Å². The lowest BCUT2D eigenvalue weighted by Crippen LogP contribution is -2.30. The molecule has 0 aliphatic heterocycles. The van der Waals surface area contributed by atoms with Gasteiger partial charge in [-0.05, 0) is 45.4 Å². The van der Waals surface area contributed by atoms with Crippen molar-refractivity contribution in [3.8, 4) is 11.3 Å². The number of aromatic nitrogens is 1. The van der Waals surface area contributed by atoms with Gasteiger partial charge >= 0.3 is 0 Å². The Morgan fingerprint density at radius 1 is 1.00 bits per heavy atom. The molecule has 134 valence electrons. The van der Waals surface area contributed by atoms with Crippen LogP contribution in [0.3, 0.4) is 0 Å². The Labute approximate surface area is 154 Å². The van der Waals surface area contributed by atoms with Crippen molar-refractivity contribution in [1.82, 2.24) is 10.1 Å². The van der Waals surface area contributed by atoms with E-state index in [2.05, 4.69) is 31.1 Å². The van der Waals surface area contributed by atoms with Gasteiger partial charge in [-0.2, -0.15) is 0 Å². The van der Waals surface area contributed by atoms with Gasteiger partial charge in [0.25, 0.3) is 5.91 Å². The average Bonchev–Trinajstić information content (AvgIpc) is 3.08. The number of carbonyl (C=O) groups excluding carboxylic acids is 1. The van der Waals surface area contributed by atoms with Gasteiger partial charge in [0.2, 0.25) is 0 Å². The second-order valence-corrected chi connectivity index (χ2v) is 6.69. The van der Waals surface area contributed by atoms with Crippen LogP contribution < -0.4 is 0 Å². The highest BCUT2D eigenvalue weighted by atomic mass is 16.5. The number of rotatable bonds is 5. The van der Waals surface area contributed by atoms with E-state index < -0.39 is 0 Å². The molecule has 3 aromatic rings. The summed E-state index contributed by atoms with van der Waals surface area (Å²) in [6, 6.07) is 15.8. The molecule has 0 saturated heterocycles. The Morgan fingerprint density at radius 2 is 1.69 bits per heavy atom. The fourth-order valence-corrected chi connectivity index (χ4v) is 3.00. The maximum Gasteiger partial charge on any atom is 0.254 e. The van der Waals surface area contributed by atoms with Crippen LogP contribution in [0.15, 0.2) is 53.1 Å². The molecule has 0 radical (unpaired) electrons. The van der Waals surface area contributed by atoms with Gasteiger partial charge in [0.15, 0.2) is 5.76 Å². The van der Waals surface area contributed by atoms with Crippen LogP contribution >= 0.6 is 0 Å². The van der Waals surface area contributed by atoms with Crippen LogP contribution in [0.5, 0.6) is 0 Å². The molecule has 0 bridgehead atoms. The second-order valence-electron chi connectivity index (χ2n) is 6.69. The molecular weight excluding hydrogens is 324 g/mol. The molecule has 1 aromatic heterocycles. The number of carbonyl (C=O) groups is 1. The van der Waals surface area contributed by atoms with Crippen LogP contribution in [0.1, 0.15) is 39.7 Å². The third kappa shape index (κ3) is 3.85. The van der Waals surface area contributed by atoms with Crippen molar-refractivity contribution in [2.45, 2.75) is 34.2 Å². The number of benzene rings is 2. The molecule has 0 aliphatic rings. The summed E-state index contributed by atoms with van der Waals surface area (Å²) in [6.07, 6.45) is 0. The van der Waals surface area contributed by atoms with E-state index >= 15 is 0 Å². The van der Waals surface area contributed by atoms with E-state index in [1.165, 1.54) is 5.56 Å². The highest BCUT2D eigenvalue weighted by molar-refractivity contribution is 5.94. The Morgan fingerprint density at radius 3 is 2.35 bits per heavy atom. The average molecular weight is 348 g/mol. The first-order valence-corrected chi connectivity index (χ1v) is 8.87. The lowest BCUT2D eigenvalue weighted by molar-refractivity contribution is 0.0749. The van der Waals surface area contributed by atoms with Crippen LogP contribution in [0.2, 0.25) is 0 Å². The Hall–Kier alpha value is -2.88. The highest BCUT2D eigenvalue weighted by Crippen LogP contribution is 2.25. The summed E-state index contributed by atoms with van der Waals surface area (Å²) in [5, 5.41) is 4.17. The van der Waals surface area contributed by atoms with Crippen LogP contribution in [0.4, 0.5) is 0 Å². The number of amides is 1. The zero-order valence-corrected chi connectivity index (χ0v) is 15.7. The summed E-state index contributed by atoms with van der Waals surface area (Å²) in [6.45, 7) is 9.14. The first-order chi connectivity index (χ1) is 12.5. The molecule has 0 unspecified atom stereocenters. The minimum Gasteiger partial charge on any atom is -0.356 e. The fourth-order valence-electron chi connectivity index (χ4n) is 3.00. The summed E-state index contributed by atoms with van der Waals surface area (Å²) in [5.74, 6) is 0.736. The molecule has 0 aliphatic carbocycles. The normalized spacial score (nSPS) is 10.8. The van der Waals surface area contributed by atoms with Crippen molar-refractivity contribution in [2.75, 3.05) is 6.54 Å². The van der Waals surface area contributed by atoms with E-state index in [1.54, 1.807) is 4.90 Å². The molecule has 0 saturated carbocycles. The van der Waals surface area contributed by atoms with E-state index in [0.717, 1.165) is 28.1 Å². The number of hydrogen-bond acceptors (Lipinski definition) is 3. The van der Waals surface area contributed by atoms with Crippen molar-refractivity contribution in [1.29, 1.82) is 0 Å². The van der Waals surface area contributed by atoms with Crippen molar-refractivity contribution < 1.29 is 9.32 Å². The molecule has 1 heterocycles. The quantitative estimate of drug-likeness (QED) is 0.657. The Kier molecular flexibility index (Phi) is 5.21. The zero-order chi connectivity index (χ0) is 18.7. The molecule has 0 N–H and O–H groups in total. The van der Waals surface area contributed by atoms with Crippen molar-refractivity contribution >= 4 is 5.91 Å².